The summed E-state index contributed by atoms with van der Waals surface area (Å²) in [5.41, 5.74) is 3.23. The van der Waals surface area contributed by atoms with Gasteiger partial charge in [-0.1, -0.05) is 18.1 Å². The lowest BCUT2D eigenvalue weighted by Crippen LogP contribution is -2.07. The highest BCUT2D eigenvalue weighted by Gasteiger charge is 2.14. The predicted molar refractivity (Wildman–Crippen MR) is 137 cm³/mol. The number of nitrogens with zero attached hydrogens (tertiary/aromatic N) is 2. The minimum atomic E-state index is 0.440. The molecule has 0 fully saturated rings. The van der Waals surface area contributed by atoms with Crippen LogP contribution in [0.3, 0.4) is 0 Å². The van der Waals surface area contributed by atoms with Gasteiger partial charge in [-0.05, 0) is 42.0 Å². The van der Waals surface area contributed by atoms with Gasteiger partial charge in [0, 0.05) is 29.2 Å². The van der Waals surface area contributed by atoms with Crippen molar-refractivity contribution in [2.45, 2.75) is 6.54 Å². The van der Waals surface area contributed by atoms with E-state index in [9.17, 15) is 0 Å². The first-order valence-electron chi connectivity index (χ1n) is 10.8. The molecule has 4 rings (SSSR count). The fraction of sp³-hybridized carbons (Fsp3) is 0.185. The third-order valence-corrected chi connectivity index (χ3v) is 5.39. The SMILES string of the molecule is C#Cc1cccc(Nc2nc(NCc3ccc(OC)c(OC)c3)nc3cc(OC)c(OC)cc23)c1. The van der Waals surface area contributed by atoms with E-state index >= 15 is 0 Å². The van der Waals surface area contributed by atoms with Gasteiger partial charge in [0.15, 0.2) is 23.0 Å². The molecular weight excluding hydrogens is 444 g/mol. The number of ether oxygens (including phenoxy) is 4. The standard InChI is InChI=1S/C27H26N4O4/c1-6-17-8-7-9-19(12-17)29-26-20-14-24(34-4)25(35-5)15-21(20)30-27(31-26)28-16-18-10-11-22(32-2)23(13-18)33-3/h1,7-15H,16H2,2-5H3,(H2,28,29,30,31). The molecule has 2 N–H and O–H groups in total. The summed E-state index contributed by atoms with van der Waals surface area (Å²) >= 11 is 0. The summed E-state index contributed by atoms with van der Waals surface area (Å²) in [6.07, 6.45) is 5.57. The molecule has 0 aliphatic heterocycles. The molecule has 35 heavy (non-hydrogen) atoms. The number of rotatable bonds is 9. The molecule has 8 heteroatoms. The topological polar surface area (TPSA) is 86.8 Å². The molecule has 0 saturated carbocycles. The fourth-order valence-electron chi connectivity index (χ4n) is 3.63. The van der Waals surface area contributed by atoms with E-state index in [-0.39, 0.29) is 0 Å². The van der Waals surface area contributed by atoms with Gasteiger partial charge in [0.25, 0.3) is 0 Å². The van der Waals surface area contributed by atoms with Crippen molar-refractivity contribution in [3.63, 3.8) is 0 Å². The highest BCUT2D eigenvalue weighted by Crippen LogP contribution is 2.36. The summed E-state index contributed by atoms with van der Waals surface area (Å²) in [4.78, 5) is 9.44. The third kappa shape index (κ3) is 5.14. The van der Waals surface area contributed by atoms with Gasteiger partial charge in [0.1, 0.15) is 5.82 Å². The minimum Gasteiger partial charge on any atom is -0.493 e. The van der Waals surface area contributed by atoms with E-state index in [4.69, 9.17) is 35.3 Å². The molecule has 1 heterocycles. The largest absolute Gasteiger partial charge is 0.493 e. The molecule has 0 saturated heterocycles. The van der Waals surface area contributed by atoms with E-state index in [1.807, 2.05) is 54.6 Å². The van der Waals surface area contributed by atoms with Crippen molar-refractivity contribution in [3.8, 4) is 35.3 Å². The maximum atomic E-state index is 5.57. The molecule has 0 atom stereocenters. The van der Waals surface area contributed by atoms with Gasteiger partial charge in [0.05, 0.1) is 34.0 Å². The van der Waals surface area contributed by atoms with Crippen molar-refractivity contribution < 1.29 is 18.9 Å². The minimum absolute atomic E-state index is 0.440. The molecule has 8 nitrogen and oxygen atoms in total. The monoisotopic (exact) mass is 470 g/mol. The molecule has 1 aromatic heterocycles. The van der Waals surface area contributed by atoms with Crippen molar-refractivity contribution in [3.05, 3.63) is 65.7 Å². The van der Waals surface area contributed by atoms with Crippen molar-refractivity contribution in [2.24, 2.45) is 0 Å². The Hall–Kier alpha value is -4.64. The summed E-state index contributed by atoms with van der Waals surface area (Å²) in [6, 6.07) is 16.9. The zero-order valence-corrected chi connectivity index (χ0v) is 20.0. The zero-order chi connectivity index (χ0) is 24.8. The Labute approximate surface area is 204 Å². The lowest BCUT2D eigenvalue weighted by atomic mass is 10.1. The summed E-state index contributed by atoms with van der Waals surface area (Å²) < 4.78 is 21.7. The van der Waals surface area contributed by atoms with Crippen LogP contribution in [0.15, 0.2) is 54.6 Å². The molecular formula is C27H26N4O4. The molecule has 178 valence electrons. The van der Waals surface area contributed by atoms with Crippen LogP contribution in [0.5, 0.6) is 23.0 Å². The van der Waals surface area contributed by atoms with Crippen LogP contribution in [0, 0.1) is 12.3 Å². The number of hydrogen-bond acceptors (Lipinski definition) is 8. The Morgan fingerprint density at radius 3 is 2.23 bits per heavy atom. The van der Waals surface area contributed by atoms with E-state index in [1.165, 1.54) is 0 Å². The fourth-order valence-corrected chi connectivity index (χ4v) is 3.63. The van der Waals surface area contributed by atoms with E-state index in [0.29, 0.717) is 46.8 Å². The van der Waals surface area contributed by atoms with Gasteiger partial charge >= 0.3 is 0 Å². The molecule has 0 unspecified atom stereocenters. The van der Waals surface area contributed by atoms with Gasteiger partial charge in [-0.25, -0.2) is 4.98 Å². The molecule has 0 aliphatic carbocycles. The Morgan fingerprint density at radius 2 is 1.51 bits per heavy atom. The van der Waals surface area contributed by atoms with Gasteiger partial charge in [-0.15, -0.1) is 6.42 Å². The van der Waals surface area contributed by atoms with E-state index in [2.05, 4.69) is 16.6 Å². The highest BCUT2D eigenvalue weighted by atomic mass is 16.5. The van der Waals surface area contributed by atoms with Crippen LogP contribution in [0.4, 0.5) is 17.5 Å². The second-order valence-corrected chi connectivity index (χ2v) is 7.51. The number of terminal acetylenes is 1. The number of fused-ring (bicyclic) bond motifs is 1. The second-order valence-electron chi connectivity index (χ2n) is 7.51. The Kier molecular flexibility index (Phi) is 7.07. The Morgan fingerprint density at radius 1 is 0.800 bits per heavy atom. The summed E-state index contributed by atoms with van der Waals surface area (Å²) in [6.45, 7) is 0.477. The van der Waals surface area contributed by atoms with Crippen LogP contribution in [0.2, 0.25) is 0 Å². The maximum absolute atomic E-state index is 5.57. The zero-order valence-electron chi connectivity index (χ0n) is 20.0. The molecule has 0 spiro atoms. The van der Waals surface area contributed by atoms with Crippen LogP contribution in [0.1, 0.15) is 11.1 Å². The average molecular weight is 471 g/mol. The van der Waals surface area contributed by atoms with E-state index < -0.39 is 0 Å². The number of aromatic nitrogens is 2. The van der Waals surface area contributed by atoms with Crippen molar-refractivity contribution in [1.29, 1.82) is 0 Å². The number of nitrogens with one attached hydrogen (secondary N) is 2. The predicted octanol–water partition coefficient (Wildman–Crippen LogP) is 5.00. The van der Waals surface area contributed by atoms with Crippen molar-refractivity contribution in [1.82, 2.24) is 9.97 Å². The van der Waals surface area contributed by atoms with Crippen LogP contribution >= 0.6 is 0 Å². The summed E-state index contributed by atoms with van der Waals surface area (Å²) in [5, 5.41) is 7.43. The number of hydrogen-bond donors (Lipinski definition) is 2. The van der Waals surface area contributed by atoms with Crippen LogP contribution in [-0.4, -0.2) is 38.4 Å². The van der Waals surface area contributed by atoms with Crippen LogP contribution < -0.4 is 29.6 Å². The number of anilines is 3. The molecule has 3 aromatic carbocycles. The molecule has 4 aromatic rings. The summed E-state index contributed by atoms with van der Waals surface area (Å²) in [5.74, 6) is 6.16. The quantitative estimate of drug-likeness (QED) is 0.331. The van der Waals surface area contributed by atoms with Gasteiger partial charge < -0.3 is 29.6 Å². The lowest BCUT2D eigenvalue weighted by Gasteiger charge is -2.15. The number of benzene rings is 3. The average Bonchev–Trinajstić information content (AvgIpc) is 2.90. The normalized spacial score (nSPS) is 10.4. The van der Waals surface area contributed by atoms with E-state index in [1.54, 1.807) is 28.4 Å². The van der Waals surface area contributed by atoms with Gasteiger partial charge in [0.2, 0.25) is 5.95 Å². The van der Waals surface area contributed by atoms with E-state index in [0.717, 1.165) is 22.2 Å². The second kappa shape index (κ2) is 10.5. The number of methoxy groups -OCH3 is 4. The first-order chi connectivity index (χ1) is 17.1. The smallest absolute Gasteiger partial charge is 0.225 e. The third-order valence-electron chi connectivity index (χ3n) is 5.39. The van der Waals surface area contributed by atoms with Crippen LogP contribution in [-0.2, 0) is 6.54 Å². The molecule has 0 aliphatic rings. The maximum Gasteiger partial charge on any atom is 0.225 e. The Balaban J connectivity index is 1.72. The summed E-state index contributed by atoms with van der Waals surface area (Å²) in [7, 11) is 6.39. The van der Waals surface area contributed by atoms with Gasteiger partial charge in [-0.3, -0.25) is 0 Å². The molecule has 0 amide bonds. The highest BCUT2D eigenvalue weighted by molar-refractivity contribution is 5.94. The van der Waals surface area contributed by atoms with Crippen molar-refractivity contribution in [2.75, 3.05) is 39.1 Å². The lowest BCUT2D eigenvalue weighted by molar-refractivity contribution is 0.354. The van der Waals surface area contributed by atoms with Crippen LogP contribution in [0.25, 0.3) is 10.9 Å². The van der Waals surface area contributed by atoms with Gasteiger partial charge in [-0.2, -0.15) is 4.98 Å². The molecule has 0 bridgehead atoms. The molecule has 0 radical (unpaired) electrons. The first-order valence-corrected chi connectivity index (χ1v) is 10.8. The van der Waals surface area contributed by atoms with Crippen molar-refractivity contribution >= 4 is 28.4 Å². The first kappa shape index (κ1) is 23.5. The Bertz CT molecular complexity index is 1400.